The van der Waals surface area contributed by atoms with E-state index in [4.69, 9.17) is 9.47 Å². The lowest BCUT2D eigenvalue weighted by atomic mass is 9.98. The molecular weight excluding hydrogens is 344 g/mol. The molecule has 0 saturated carbocycles. The number of carbonyl (C=O) groups excluding carboxylic acids is 2. The number of rotatable bonds is 15. The molecule has 0 radical (unpaired) electrons. The molecule has 1 fully saturated rings. The average Bonchev–Trinajstić information content (AvgIpc) is 2.97. The van der Waals surface area contributed by atoms with Gasteiger partial charge in [-0.05, 0) is 12.8 Å². The van der Waals surface area contributed by atoms with Crippen LogP contribution in [0.3, 0.4) is 0 Å². The molecule has 27 heavy (non-hydrogen) atoms. The quantitative estimate of drug-likeness (QED) is 0.249. The first-order valence-electron chi connectivity index (χ1n) is 10.7. The molecule has 0 aliphatic carbocycles. The van der Waals surface area contributed by atoms with Crippen LogP contribution in [0.2, 0.25) is 0 Å². The van der Waals surface area contributed by atoms with Crippen LogP contribution >= 0.6 is 0 Å². The molecule has 0 unspecified atom stereocenters. The lowest BCUT2D eigenvalue weighted by Gasteiger charge is -2.23. The van der Waals surface area contributed by atoms with Crippen molar-refractivity contribution in [1.29, 1.82) is 0 Å². The third kappa shape index (κ3) is 9.94. The highest BCUT2D eigenvalue weighted by molar-refractivity contribution is 5.91. The Hall–Kier alpha value is -1.36. The normalized spacial score (nSPS) is 20.9. The highest BCUT2D eigenvalue weighted by Gasteiger charge is 2.44. The zero-order valence-corrected chi connectivity index (χ0v) is 17.3. The maximum Gasteiger partial charge on any atom is 0.334 e. The number of carbonyl (C=O) groups is 2. The number of aliphatic hydroxyl groups is 1. The minimum Gasteiger partial charge on any atom is -0.462 e. The van der Waals surface area contributed by atoms with Crippen LogP contribution < -0.4 is 0 Å². The second-order valence-electron chi connectivity index (χ2n) is 7.74. The molecule has 1 aliphatic rings. The highest BCUT2D eigenvalue weighted by atomic mass is 16.6. The van der Waals surface area contributed by atoms with Crippen molar-refractivity contribution in [2.45, 2.75) is 103 Å². The monoisotopic (exact) mass is 382 g/mol. The number of esters is 2. The van der Waals surface area contributed by atoms with Crippen LogP contribution in [0.25, 0.3) is 0 Å². The summed E-state index contributed by atoms with van der Waals surface area (Å²) in [6.45, 7) is 3.10. The van der Waals surface area contributed by atoms with Gasteiger partial charge in [-0.3, -0.25) is 4.79 Å². The fourth-order valence-corrected chi connectivity index (χ4v) is 3.41. The zero-order chi connectivity index (χ0) is 20.0. The lowest BCUT2D eigenvalue weighted by Crippen LogP contribution is -2.39. The first kappa shape index (κ1) is 23.7. The molecule has 1 heterocycles. The Bertz CT molecular complexity index is 471. The summed E-state index contributed by atoms with van der Waals surface area (Å²) in [6, 6.07) is 0. The van der Waals surface area contributed by atoms with E-state index < -0.39 is 17.5 Å². The summed E-state index contributed by atoms with van der Waals surface area (Å²) < 4.78 is 10.2. The Labute approximate surface area is 164 Å². The molecule has 156 valence electrons. The fourth-order valence-electron chi connectivity index (χ4n) is 3.41. The molecule has 0 aromatic rings. The van der Waals surface area contributed by atoms with Crippen LogP contribution in [0.15, 0.2) is 11.6 Å². The van der Waals surface area contributed by atoms with Gasteiger partial charge in [0.2, 0.25) is 0 Å². The number of ether oxygens (including phenoxy) is 2. The van der Waals surface area contributed by atoms with Crippen molar-refractivity contribution < 1.29 is 24.2 Å². The molecule has 0 aromatic heterocycles. The van der Waals surface area contributed by atoms with Crippen molar-refractivity contribution in [3.8, 4) is 0 Å². The lowest BCUT2D eigenvalue weighted by molar-refractivity contribution is -0.164. The SMILES string of the molecule is CCCCCCCCCCCCC/C=C1\C[C@@](CO)(COC(C)=O)OC1=O. The summed E-state index contributed by atoms with van der Waals surface area (Å²) in [5.74, 6) is -0.850. The molecule has 1 rings (SSSR count). The predicted octanol–water partition coefficient (Wildman–Crippen LogP) is 4.86. The van der Waals surface area contributed by atoms with E-state index in [-0.39, 0.29) is 13.2 Å². The number of hydrogen-bond donors (Lipinski definition) is 1. The summed E-state index contributed by atoms with van der Waals surface area (Å²) >= 11 is 0. The van der Waals surface area contributed by atoms with Crippen molar-refractivity contribution in [2.24, 2.45) is 0 Å². The Morgan fingerprint density at radius 1 is 1.07 bits per heavy atom. The predicted molar refractivity (Wildman–Crippen MR) is 106 cm³/mol. The first-order valence-corrected chi connectivity index (χ1v) is 10.7. The summed E-state index contributed by atoms with van der Waals surface area (Å²) in [7, 11) is 0. The standard InChI is InChI=1S/C22H38O5/c1-3-4-5-6-7-8-9-10-11-12-13-14-15-20-16-22(17-23,27-21(20)25)18-26-19(2)24/h15,23H,3-14,16-18H2,1-2H3/b20-15+/t22-/m1/s1. The van der Waals surface area contributed by atoms with E-state index >= 15 is 0 Å². The molecule has 5 nitrogen and oxygen atoms in total. The minimum absolute atomic E-state index is 0.0969. The first-order chi connectivity index (χ1) is 13.0. The van der Waals surface area contributed by atoms with Gasteiger partial charge < -0.3 is 14.6 Å². The molecule has 5 heteroatoms. The molecule has 1 N–H and O–H groups in total. The summed E-state index contributed by atoms with van der Waals surface area (Å²) in [4.78, 5) is 22.9. The Morgan fingerprint density at radius 2 is 1.63 bits per heavy atom. The van der Waals surface area contributed by atoms with Crippen LogP contribution in [-0.4, -0.2) is 35.9 Å². The van der Waals surface area contributed by atoms with E-state index in [9.17, 15) is 14.7 Å². The van der Waals surface area contributed by atoms with Gasteiger partial charge in [0, 0.05) is 18.9 Å². The van der Waals surface area contributed by atoms with Gasteiger partial charge in [0.05, 0.1) is 6.61 Å². The Morgan fingerprint density at radius 3 is 2.15 bits per heavy atom. The van der Waals surface area contributed by atoms with E-state index in [2.05, 4.69) is 6.92 Å². The number of cyclic esters (lactones) is 1. The number of hydrogen-bond acceptors (Lipinski definition) is 5. The minimum atomic E-state index is -1.11. The largest absolute Gasteiger partial charge is 0.462 e. The molecule has 0 spiro atoms. The van der Waals surface area contributed by atoms with Gasteiger partial charge in [-0.1, -0.05) is 77.2 Å². The van der Waals surface area contributed by atoms with E-state index in [1.54, 1.807) is 0 Å². The second kappa shape index (κ2) is 13.8. The van der Waals surface area contributed by atoms with Gasteiger partial charge in [-0.2, -0.15) is 0 Å². The molecule has 0 bridgehead atoms. The van der Waals surface area contributed by atoms with Crippen LogP contribution in [0.4, 0.5) is 0 Å². The van der Waals surface area contributed by atoms with Crippen LogP contribution in [-0.2, 0) is 19.1 Å². The van der Waals surface area contributed by atoms with Crippen LogP contribution in [0.1, 0.15) is 97.3 Å². The van der Waals surface area contributed by atoms with E-state index in [1.807, 2.05) is 6.08 Å². The van der Waals surface area contributed by atoms with Crippen molar-refractivity contribution >= 4 is 11.9 Å². The van der Waals surface area contributed by atoms with Gasteiger partial charge in [0.15, 0.2) is 5.60 Å². The summed E-state index contributed by atoms with van der Waals surface area (Å²) in [5.41, 5.74) is -0.519. The second-order valence-corrected chi connectivity index (χ2v) is 7.74. The summed E-state index contributed by atoms with van der Waals surface area (Å²) in [5, 5.41) is 9.54. The van der Waals surface area contributed by atoms with Gasteiger partial charge >= 0.3 is 11.9 Å². The fraction of sp³-hybridized carbons (Fsp3) is 0.818. The number of aliphatic hydroxyl groups excluding tert-OH is 1. The van der Waals surface area contributed by atoms with Gasteiger partial charge in [-0.25, -0.2) is 4.79 Å². The average molecular weight is 383 g/mol. The van der Waals surface area contributed by atoms with E-state index in [1.165, 1.54) is 71.1 Å². The molecule has 1 aliphatic heterocycles. The summed E-state index contributed by atoms with van der Waals surface area (Å²) in [6.07, 6.45) is 17.3. The van der Waals surface area contributed by atoms with Crippen molar-refractivity contribution in [3.05, 3.63) is 11.6 Å². The van der Waals surface area contributed by atoms with Crippen molar-refractivity contribution in [1.82, 2.24) is 0 Å². The highest BCUT2D eigenvalue weighted by Crippen LogP contribution is 2.31. The third-order valence-electron chi connectivity index (χ3n) is 5.11. The third-order valence-corrected chi connectivity index (χ3v) is 5.11. The van der Waals surface area contributed by atoms with Gasteiger partial charge in [0.1, 0.15) is 6.61 Å². The van der Waals surface area contributed by atoms with Crippen molar-refractivity contribution in [2.75, 3.05) is 13.2 Å². The Kier molecular flexibility index (Phi) is 12.1. The number of unbranched alkanes of at least 4 members (excludes halogenated alkanes) is 11. The van der Waals surface area contributed by atoms with Crippen LogP contribution in [0.5, 0.6) is 0 Å². The van der Waals surface area contributed by atoms with Crippen LogP contribution in [0, 0.1) is 0 Å². The maximum absolute atomic E-state index is 12.0. The van der Waals surface area contributed by atoms with E-state index in [0.717, 1.165) is 12.8 Å². The van der Waals surface area contributed by atoms with Crippen molar-refractivity contribution in [3.63, 3.8) is 0 Å². The molecule has 0 amide bonds. The molecule has 1 atom stereocenters. The smallest absolute Gasteiger partial charge is 0.334 e. The van der Waals surface area contributed by atoms with Gasteiger partial charge in [-0.15, -0.1) is 0 Å². The Balaban J connectivity index is 2.13. The topological polar surface area (TPSA) is 72.8 Å². The molecule has 1 saturated heterocycles. The van der Waals surface area contributed by atoms with Gasteiger partial charge in [0.25, 0.3) is 0 Å². The maximum atomic E-state index is 12.0. The number of allylic oxidation sites excluding steroid dienone is 1. The molecular formula is C22H38O5. The zero-order valence-electron chi connectivity index (χ0n) is 17.3. The van der Waals surface area contributed by atoms with E-state index in [0.29, 0.717) is 12.0 Å². The molecule has 0 aromatic carbocycles.